The first-order valence-corrected chi connectivity index (χ1v) is 7.03. The maximum atomic E-state index is 12.2. The first-order valence-electron chi connectivity index (χ1n) is 7.03. The van der Waals surface area contributed by atoms with Crippen LogP contribution in [0.1, 0.15) is 33.6 Å². The number of carbonyl (C=O) groups excluding carboxylic acids is 1. The summed E-state index contributed by atoms with van der Waals surface area (Å²) in [5.74, 6) is 1.12. The Morgan fingerprint density at radius 2 is 2.32 bits per heavy atom. The van der Waals surface area contributed by atoms with Crippen LogP contribution in [0.5, 0.6) is 0 Å². The molecular formula is C16H22O3. The molecule has 0 aromatic rings. The molecule has 0 radical (unpaired) electrons. The van der Waals surface area contributed by atoms with E-state index >= 15 is 0 Å². The number of rotatable bonds is 4. The van der Waals surface area contributed by atoms with Crippen molar-refractivity contribution in [3.05, 3.63) is 23.3 Å². The van der Waals surface area contributed by atoms with Gasteiger partial charge in [-0.05, 0) is 39.2 Å². The van der Waals surface area contributed by atoms with Crippen LogP contribution in [0.3, 0.4) is 0 Å². The van der Waals surface area contributed by atoms with E-state index in [-0.39, 0.29) is 23.6 Å². The zero-order chi connectivity index (χ0) is 13.8. The Labute approximate surface area is 114 Å². The van der Waals surface area contributed by atoms with Gasteiger partial charge in [0, 0.05) is 24.9 Å². The summed E-state index contributed by atoms with van der Waals surface area (Å²) < 4.78 is 11.6. The number of carbonyl (C=O) groups is 1. The van der Waals surface area contributed by atoms with Crippen molar-refractivity contribution in [2.75, 3.05) is 7.11 Å². The van der Waals surface area contributed by atoms with Gasteiger partial charge in [-0.3, -0.25) is 4.79 Å². The lowest BCUT2D eigenvalue weighted by Gasteiger charge is -2.56. The Morgan fingerprint density at radius 3 is 2.89 bits per heavy atom. The summed E-state index contributed by atoms with van der Waals surface area (Å²) >= 11 is 0. The molecule has 1 heterocycles. The largest absolute Gasteiger partial charge is 0.355 e. The minimum atomic E-state index is -0.232. The summed E-state index contributed by atoms with van der Waals surface area (Å²) in [6, 6.07) is 0. The number of hydrogen-bond acceptors (Lipinski definition) is 3. The monoisotopic (exact) mass is 262 g/mol. The molecule has 1 saturated carbocycles. The van der Waals surface area contributed by atoms with Crippen LogP contribution in [0.2, 0.25) is 0 Å². The molecule has 2 fully saturated rings. The third-order valence-corrected chi connectivity index (χ3v) is 5.07. The van der Waals surface area contributed by atoms with Crippen molar-refractivity contribution < 1.29 is 14.3 Å². The lowest BCUT2D eigenvalue weighted by molar-refractivity contribution is -0.182. The molecule has 5 atom stereocenters. The Bertz CT molecular complexity index is 472. The quantitative estimate of drug-likeness (QED) is 0.577. The summed E-state index contributed by atoms with van der Waals surface area (Å²) in [7, 11) is 1.69. The Kier molecular flexibility index (Phi) is 2.95. The molecule has 0 amide bonds. The topological polar surface area (TPSA) is 35.5 Å². The van der Waals surface area contributed by atoms with Crippen LogP contribution in [0.25, 0.3) is 0 Å². The molecule has 104 valence electrons. The van der Waals surface area contributed by atoms with Crippen molar-refractivity contribution in [1.29, 1.82) is 0 Å². The summed E-state index contributed by atoms with van der Waals surface area (Å²) in [5.41, 5.74) is 2.32. The van der Waals surface area contributed by atoms with E-state index in [2.05, 4.69) is 13.0 Å². The molecule has 3 aliphatic carbocycles. The first kappa shape index (κ1) is 13.1. The fraction of sp³-hybridized carbons (Fsp3) is 0.688. The van der Waals surface area contributed by atoms with E-state index in [9.17, 15) is 4.79 Å². The van der Waals surface area contributed by atoms with Gasteiger partial charge in [-0.25, -0.2) is 0 Å². The molecule has 0 aromatic carbocycles. The highest BCUT2D eigenvalue weighted by Gasteiger charge is 2.69. The van der Waals surface area contributed by atoms with E-state index < -0.39 is 0 Å². The van der Waals surface area contributed by atoms with Crippen LogP contribution in [-0.4, -0.2) is 25.3 Å². The summed E-state index contributed by atoms with van der Waals surface area (Å²) in [6.07, 6.45) is 5.59. The highest BCUT2D eigenvalue weighted by atomic mass is 16.7. The van der Waals surface area contributed by atoms with Crippen molar-refractivity contribution in [2.45, 2.75) is 46.0 Å². The fourth-order valence-corrected chi connectivity index (χ4v) is 4.36. The van der Waals surface area contributed by atoms with E-state index in [1.54, 1.807) is 13.2 Å². The number of ketones is 1. The average molecular weight is 262 g/mol. The van der Waals surface area contributed by atoms with Crippen molar-refractivity contribution in [3.63, 3.8) is 0 Å². The molecule has 19 heavy (non-hydrogen) atoms. The lowest BCUT2D eigenvalue weighted by atomic mass is 9.46. The molecule has 0 aromatic heterocycles. The van der Waals surface area contributed by atoms with Gasteiger partial charge in [-0.2, -0.15) is 0 Å². The molecule has 1 aliphatic heterocycles. The van der Waals surface area contributed by atoms with Crippen LogP contribution in [0.15, 0.2) is 23.3 Å². The highest BCUT2D eigenvalue weighted by Crippen LogP contribution is 2.68. The minimum absolute atomic E-state index is 0.110. The number of ether oxygens (including phenoxy) is 2. The second-order valence-corrected chi connectivity index (χ2v) is 6.45. The van der Waals surface area contributed by atoms with E-state index in [4.69, 9.17) is 9.47 Å². The van der Waals surface area contributed by atoms with E-state index in [0.29, 0.717) is 18.3 Å². The SMILES string of the molecule is COC1OC2C=C(C)C3CC2C13CC(=O)C=C(C)C. The molecule has 1 saturated heterocycles. The van der Waals surface area contributed by atoms with Crippen molar-refractivity contribution in [3.8, 4) is 0 Å². The van der Waals surface area contributed by atoms with Gasteiger partial charge in [0.2, 0.25) is 0 Å². The third kappa shape index (κ3) is 1.68. The van der Waals surface area contributed by atoms with Gasteiger partial charge in [-0.1, -0.05) is 17.2 Å². The van der Waals surface area contributed by atoms with Gasteiger partial charge in [0.25, 0.3) is 0 Å². The molecule has 4 aliphatic rings. The van der Waals surface area contributed by atoms with Crippen LogP contribution in [0, 0.1) is 17.3 Å². The Morgan fingerprint density at radius 1 is 1.58 bits per heavy atom. The van der Waals surface area contributed by atoms with Gasteiger partial charge >= 0.3 is 0 Å². The molecule has 0 spiro atoms. The van der Waals surface area contributed by atoms with Crippen molar-refractivity contribution in [1.82, 2.24) is 0 Å². The predicted octanol–water partition coefficient (Wildman–Crippen LogP) is 2.87. The lowest BCUT2D eigenvalue weighted by Crippen LogP contribution is -2.57. The number of methoxy groups -OCH3 is 1. The fourth-order valence-electron chi connectivity index (χ4n) is 4.36. The minimum Gasteiger partial charge on any atom is -0.355 e. The van der Waals surface area contributed by atoms with Crippen molar-refractivity contribution >= 4 is 5.78 Å². The molecule has 3 nitrogen and oxygen atoms in total. The summed E-state index contributed by atoms with van der Waals surface area (Å²) in [4.78, 5) is 12.2. The van der Waals surface area contributed by atoms with Gasteiger partial charge < -0.3 is 9.47 Å². The third-order valence-electron chi connectivity index (χ3n) is 5.07. The molecule has 4 rings (SSSR count). The molecule has 3 heteroatoms. The molecule has 4 bridgehead atoms. The summed E-state index contributed by atoms with van der Waals surface area (Å²) in [5, 5.41) is 0. The molecule has 0 N–H and O–H groups in total. The number of hydrogen-bond donors (Lipinski definition) is 0. The van der Waals surface area contributed by atoms with E-state index in [0.717, 1.165) is 12.0 Å². The van der Waals surface area contributed by atoms with Gasteiger partial charge in [-0.15, -0.1) is 0 Å². The Hall–Kier alpha value is -0.930. The smallest absolute Gasteiger partial charge is 0.164 e. The molecular weight excluding hydrogens is 240 g/mol. The maximum Gasteiger partial charge on any atom is 0.164 e. The summed E-state index contributed by atoms with van der Waals surface area (Å²) in [6.45, 7) is 6.09. The second-order valence-electron chi connectivity index (χ2n) is 6.45. The zero-order valence-corrected chi connectivity index (χ0v) is 12.1. The number of allylic oxidation sites excluding steroid dienone is 3. The highest BCUT2D eigenvalue weighted by molar-refractivity contribution is 5.91. The van der Waals surface area contributed by atoms with Crippen LogP contribution in [-0.2, 0) is 14.3 Å². The predicted molar refractivity (Wildman–Crippen MR) is 72.5 cm³/mol. The zero-order valence-electron chi connectivity index (χ0n) is 12.1. The Balaban J connectivity index is 1.91. The van der Waals surface area contributed by atoms with Crippen LogP contribution < -0.4 is 0 Å². The van der Waals surface area contributed by atoms with Crippen LogP contribution >= 0.6 is 0 Å². The van der Waals surface area contributed by atoms with Gasteiger partial charge in [0.15, 0.2) is 12.1 Å². The van der Waals surface area contributed by atoms with E-state index in [1.165, 1.54) is 5.57 Å². The molecule has 5 unspecified atom stereocenters. The normalized spacial score (nSPS) is 42.4. The van der Waals surface area contributed by atoms with Crippen LogP contribution in [0.4, 0.5) is 0 Å². The van der Waals surface area contributed by atoms with Gasteiger partial charge in [0.05, 0.1) is 6.10 Å². The maximum absolute atomic E-state index is 12.2. The van der Waals surface area contributed by atoms with E-state index in [1.807, 2.05) is 13.8 Å². The standard InChI is InChI=1S/C16H22O3/c1-9(2)5-11(17)8-16-12-7-13(16)14(6-10(12)3)19-15(16)18-4/h5-6,12-15H,7-8H2,1-4H3. The first-order chi connectivity index (χ1) is 8.99. The van der Waals surface area contributed by atoms with Gasteiger partial charge in [0.1, 0.15) is 0 Å². The van der Waals surface area contributed by atoms with Crippen molar-refractivity contribution in [2.24, 2.45) is 17.3 Å². The average Bonchev–Trinajstić information content (AvgIpc) is 2.45. The second kappa shape index (κ2) is 4.29.